The third-order valence-corrected chi connectivity index (χ3v) is 8.52. The average Bonchev–Trinajstić information content (AvgIpc) is 3.59. The summed E-state index contributed by atoms with van der Waals surface area (Å²) in [4.78, 5) is 21.1. The lowest BCUT2D eigenvalue weighted by Crippen LogP contribution is -2.50. The van der Waals surface area contributed by atoms with Crippen molar-refractivity contribution in [3.8, 4) is 16.5 Å². The maximum atomic E-state index is 13.5. The van der Waals surface area contributed by atoms with Crippen LogP contribution in [0.3, 0.4) is 0 Å². The summed E-state index contributed by atoms with van der Waals surface area (Å²) in [7, 11) is -4.09. The minimum absolute atomic E-state index is 0.0803. The highest BCUT2D eigenvalue weighted by Crippen LogP contribution is 2.36. The van der Waals surface area contributed by atoms with Crippen molar-refractivity contribution in [2.45, 2.75) is 16.8 Å². The minimum Gasteiger partial charge on any atom is -0.484 e. The van der Waals surface area contributed by atoms with Crippen LogP contribution < -0.4 is 9.64 Å². The number of carbonyl (C=O) groups is 1. The van der Waals surface area contributed by atoms with Gasteiger partial charge in [0.2, 0.25) is 26.6 Å². The molecule has 1 aliphatic heterocycles. The number of amides is 1. The van der Waals surface area contributed by atoms with E-state index in [0.29, 0.717) is 36.8 Å². The van der Waals surface area contributed by atoms with E-state index in [1.807, 2.05) is 42.6 Å². The van der Waals surface area contributed by atoms with Crippen molar-refractivity contribution in [1.82, 2.24) is 9.88 Å². The second kappa shape index (κ2) is 10.3. The van der Waals surface area contributed by atoms with Crippen molar-refractivity contribution < 1.29 is 26.8 Å². The highest BCUT2D eigenvalue weighted by atomic mass is 32.2. The number of halogens is 1. The van der Waals surface area contributed by atoms with E-state index in [4.69, 9.17) is 9.15 Å². The minimum atomic E-state index is -4.09. The zero-order chi connectivity index (χ0) is 26.0. The van der Waals surface area contributed by atoms with Crippen LogP contribution in [0.15, 0.2) is 80.4 Å². The van der Waals surface area contributed by atoms with E-state index in [-0.39, 0.29) is 34.2 Å². The smallest absolute Gasteiger partial charge is 0.260 e. The monoisotopic (exact) mass is 541 g/mol. The van der Waals surface area contributed by atoms with Gasteiger partial charge in [0.25, 0.3) is 5.91 Å². The quantitative estimate of drug-likeness (QED) is 0.320. The highest BCUT2D eigenvalue weighted by Gasteiger charge is 2.33. The average molecular weight is 542 g/mol. The first-order valence-electron chi connectivity index (χ1n) is 11.6. The van der Waals surface area contributed by atoms with Crippen molar-refractivity contribution in [1.29, 1.82) is 0 Å². The number of piperazine rings is 1. The molecular formula is C26H24FN3O5S2. The fourth-order valence-electron chi connectivity index (χ4n) is 3.93. The van der Waals surface area contributed by atoms with E-state index in [1.165, 1.54) is 23.5 Å². The molecule has 37 heavy (non-hydrogen) atoms. The van der Waals surface area contributed by atoms with Crippen LogP contribution in [0.1, 0.15) is 5.56 Å². The van der Waals surface area contributed by atoms with E-state index < -0.39 is 15.7 Å². The number of aromatic nitrogens is 1. The van der Waals surface area contributed by atoms with Crippen LogP contribution in [0, 0.1) is 12.7 Å². The summed E-state index contributed by atoms with van der Waals surface area (Å²) in [5, 5.41) is 1.61. The Labute approximate surface area is 217 Å². The van der Waals surface area contributed by atoms with Gasteiger partial charge in [0.1, 0.15) is 11.6 Å². The number of ether oxygens (including phenoxy) is 1. The zero-order valence-corrected chi connectivity index (χ0v) is 21.6. The van der Waals surface area contributed by atoms with E-state index >= 15 is 0 Å². The Bertz CT molecular complexity index is 1480. The molecule has 0 atom stereocenters. The lowest BCUT2D eigenvalue weighted by atomic mass is 10.2. The van der Waals surface area contributed by atoms with Gasteiger partial charge in [-0.15, -0.1) is 11.3 Å². The fourth-order valence-corrected chi connectivity index (χ4v) is 5.90. The van der Waals surface area contributed by atoms with Gasteiger partial charge >= 0.3 is 0 Å². The summed E-state index contributed by atoms with van der Waals surface area (Å²) in [6, 6.07) is 15.7. The van der Waals surface area contributed by atoms with Crippen LogP contribution >= 0.6 is 11.3 Å². The molecule has 1 fully saturated rings. The highest BCUT2D eigenvalue weighted by molar-refractivity contribution is 7.91. The lowest BCUT2D eigenvalue weighted by molar-refractivity contribution is -0.133. The van der Waals surface area contributed by atoms with Gasteiger partial charge in [-0.05, 0) is 54.8 Å². The lowest BCUT2D eigenvalue weighted by Gasteiger charge is -2.34. The van der Waals surface area contributed by atoms with Gasteiger partial charge in [0.05, 0.1) is 9.77 Å². The molecule has 0 N–H and O–H groups in total. The Morgan fingerprint density at radius 3 is 2.41 bits per heavy atom. The van der Waals surface area contributed by atoms with Crippen molar-refractivity contribution in [2.75, 3.05) is 37.7 Å². The van der Waals surface area contributed by atoms with Crippen molar-refractivity contribution in [3.63, 3.8) is 0 Å². The third kappa shape index (κ3) is 5.37. The summed E-state index contributed by atoms with van der Waals surface area (Å²) in [6.07, 6.45) is 0. The fraction of sp³-hybridized carbons (Fsp3) is 0.231. The molecule has 0 aliphatic carbocycles. The number of hydrogen-bond donors (Lipinski definition) is 0. The second-order valence-corrected chi connectivity index (χ2v) is 11.3. The maximum absolute atomic E-state index is 13.5. The number of carbonyl (C=O) groups excluding carboxylic acids is 1. The topological polar surface area (TPSA) is 92.9 Å². The first-order chi connectivity index (χ1) is 17.8. The molecule has 8 nitrogen and oxygen atoms in total. The molecule has 2 aromatic carbocycles. The molecule has 0 unspecified atom stereocenters. The molecule has 0 bridgehead atoms. The number of sulfone groups is 1. The second-order valence-electron chi connectivity index (χ2n) is 8.53. The molecule has 11 heteroatoms. The molecule has 0 radical (unpaired) electrons. The van der Waals surface area contributed by atoms with E-state index in [1.54, 1.807) is 15.9 Å². The number of aryl methyl sites for hydroxylation is 1. The number of rotatable bonds is 7. The Balaban J connectivity index is 1.34. The standard InChI is InChI=1S/C26H24FN3O5S2/c1-18-4-8-20(9-5-18)34-17-23(31)29-12-14-30(15-13-29)26-25(28-24(35-26)22-3-2-16-36-22)37(32,33)21-10-6-19(27)7-11-21/h2-11,16H,12-15,17H2,1H3. The van der Waals surface area contributed by atoms with Crippen LogP contribution in [-0.4, -0.2) is 57.0 Å². The molecule has 1 amide bonds. The third-order valence-electron chi connectivity index (χ3n) is 5.99. The van der Waals surface area contributed by atoms with Crippen LogP contribution in [0.25, 0.3) is 10.8 Å². The van der Waals surface area contributed by atoms with Crippen LogP contribution in [0.5, 0.6) is 5.75 Å². The number of anilines is 1. The Hall–Kier alpha value is -3.70. The molecule has 192 valence electrons. The zero-order valence-electron chi connectivity index (χ0n) is 20.0. The largest absolute Gasteiger partial charge is 0.484 e. The number of thiophene rings is 1. The van der Waals surface area contributed by atoms with Crippen molar-refractivity contribution in [3.05, 3.63) is 77.4 Å². The Morgan fingerprint density at radius 2 is 1.76 bits per heavy atom. The molecule has 3 heterocycles. The molecule has 1 aliphatic rings. The number of hydrogen-bond acceptors (Lipinski definition) is 8. The molecule has 1 saturated heterocycles. The predicted molar refractivity (Wildman–Crippen MR) is 137 cm³/mol. The Morgan fingerprint density at radius 1 is 1.05 bits per heavy atom. The molecule has 0 spiro atoms. The van der Waals surface area contributed by atoms with Gasteiger partial charge in [-0.1, -0.05) is 23.8 Å². The molecule has 5 rings (SSSR count). The SMILES string of the molecule is Cc1ccc(OCC(=O)N2CCN(c3oc(-c4cccs4)nc3S(=O)(=O)c3ccc(F)cc3)CC2)cc1. The van der Waals surface area contributed by atoms with Gasteiger partial charge in [-0.3, -0.25) is 4.79 Å². The van der Waals surface area contributed by atoms with Gasteiger partial charge in [-0.25, -0.2) is 12.8 Å². The first kappa shape index (κ1) is 25.0. The van der Waals surface area contributed by atoms with Crippen molar-refractivity contribution >= 4 is 33.0 Å². The van der Waals surface area contributed by atoms with Gasteiger partial charge < -0.3 is 19.0 Å². The normalized spacial score (nSPS) is 14.1. The van der Waals surface area contributed by atoms with Crippen LogP contribution in [0.2, 0.25) is 0 Å². The van der Waals surface area contributed by atoms with E-state index in [2.05, 4.69) is 4.98 Å². The molecule has 4 aromatic rings. The summed E-state index contributed by atoms with van der Waals surface area (Å²) in [5.41, 5.74) is 1.10. The number of oxazole rings is 1. The van der Waals surface area contributed by atoms with Gasteiger partial charge in [0.15, 0.2) is 6.61 Å². The number of benzene rings is 2. The van der Waals surface area contributed by atoms with Crippen LogP contribution in [-0.2, 0) is 14.6 Å². The summed E-state index contributed by atoms with van der Waals surface area (Å²) >= 11 is 1.38. The van der Waals surface area contributed by atoms with E-state index in [9.17, 15) is 17.6 Å². The molecule has 2 aromatic heterocycles. The van der Waals surface area contributed by atoms with Crippen molar-refractivity contribution in [2.24, 2.45) is 0 Å². The number of nitrogens with zero attached hydrogens (tertiary/aromatic N) is 3. The summed E-state index contributed by atoms with van der Waals surface area (Å²) in [5.74, 6) is 0.226. The summed E-state index contributed by atoms with van der Waals surface area (Å²) < 4.78 is 51.9. The summed E-state index contributed by atoms with van der Waals surface area (Å²) in [6.45, 7) is 3.31. The predicted octanol–water partition coefficient (Wildman–Crippen LogP) is 4.41. The van der Waals surface area contributed by atoms with E-state index in [0.717, 1.165) is 17.7 Å². The van der Waals surface area contributed by atoms with Gasteiger partial charge in [-0.2, -0.15) is 4.98 Å². The first-order valence-corrected chi connectivity index (χ1v) is 13.9. The molecule has 0 saturated carbocycles. The van der Waals surface area contributed by atoms with Crippen LogP contribution in [0.4, 0.5) is 10.3 Å². The molecular weight excluding hydrogens is 517 g/mol. The Kier molecular flexibility index (Phi) is 6.98. The maximum Gasteiger partial charge on any atom is 0.260 e. The van der Waals surface area contributed by atoms with Gasteiger partial charge in [0, 0.05) is 26.2 Å².